The first kappa shape index (κ1) is 25.1. The van der Waals surface area contributed by atoms with Gasteiger partial charge in [-0.25, -0.2) is 8.42 Å². The van der Waals surface area contributed by atoms with Gasteiger partial charge in [0, 0.05) is 31.3 Å². The van der Waals surface area contributed by atoms with E-state index in [0.29, 0.717) is 5.56 Å². The smallest absolute Gasteiger partial charge is 0.309 e. The van der Waals surface area contributed by atoms with Crippen LogP contribution in [0.25, 0.3) is 0 Å². The lowest BCUT2D eigenvalue weighted by molar-refractivity contribution is -0.385. The predicted octanol–water partition coefficient (Wildman–Crippen LogP) is 2.68. The largest absolute Gasteiger partial charge is 0.452 e. The highest BCUT2D eigenvalue weighted by Gasteiger charge is 2.35. The van der Waals surface area contributed by atoms with Gasteiger partial charge in [-0.2, -0.15) is 4.31 Å². The molecule has 1 saturated carbocycles. The molecular weight excluding hydrogens is 450 g/mol. The summed E-state index contributed by atoms with van der Waals surface area (Å²) in [5.41, 5.74) is 0.123. The molecule has 0 bridgehead atoms. The summed E-state index contributed by atoms with van der Waals surface area (Å²) in [5, 5.41) is 14.0. The molecular formula is C22H31N3O7S. The molecule has 2 fully saturated rings. The summed E-state index contributed by atoms with van der Waals surface area (Å²) in [6, 6.07) is 3.87. The van der Waals surface area contributed by atoms with E-state index < -0.39 is 32.9 Å². The summed E-state index contributed by atoms with van der Waals surface area (Å²) in [5.74, 6) is -1.33. The van der Waals surface area contributed by atoms with Gasteiger partial charge in [0.25, 0.3) is 11.6 Å². The number of nitrogens with zero attached hydrogens (tertiary/aromatic N) is 2. The molecule has 11 heteroatoms. The second-order valence-electron chi connectivity index (χ2n) is 8.81. The third kappa shape index (κ3) is 6.08. The Labute approximate surface area is 193 Å². The van der Waals surface area contributed by atoms with Crippen molar-refractivity contribution >= 4 is 27.6 Å². The van der Waals surface area contributed by atoms with Crippen LogP contribution in [0.5, 0.6) is 0 Å². The Bertz CT molecular complexity index is 997. The summed E-state index contributed by atoms with van der Waals surface area (Å²) in [6.07, 6.45) is 4.80. The molecule has 2 aliphatic rings. The Morgan fingerprint density at radius 3 is 2.39 bits per heavy atom. The van der Waals surface area contributed by atoms with E-state index in [1.807, 2.05) is 0 Å². The number of carbonyl (C=O) groups excluding carboxylic acids is 2. The van der Waals surface area contributed by atoms with Gasteiger partial charge in [0.15, 0.2) is 6.10 Å². The first-order valence-corrected chi connectivity index (χ1v) is 12.8. The maximum absolute atomic E-state index is 13.0. The van der Waals surface area contributed by atoms with Crippen LogP contribution in [-0.4, -0.2) is 54.8 Å². The number of hydrogen-bond acceptors (Lipinski definition) is 7. The van der Waals surface area contributed by atoms with Crippen LogP contribution in [0.2, 0.25) is 0 Å². The number of sulfonamides is 1. The van der Waals surface area contributed by atoms with Gasteiger partial charge < -0.3 is 10.1 Å². The van der Waals surface area contributed by atoms with E-state index in [1.54, 1.807) is 13.8 Å². The van der Waals surface area contributed by atoms with Crippen LogP contribution in [0.15, 0.2) is 23.1 Å². The zero-order valence-corrected chi connectivity index (χ0v) is 19.8. The van der Waals surface area contributed by atoms with Crippen molar-refractivity contribution in [2.45, 2.75) is 75.8 Å². The van der Waals surface area contributed by atoms with Gasteiger partial charge in [0.05, 0.1) is 15.7 Å². The number of nitro benzene ring substituents is 1. The number of ether oxygens (including phenoxy) is 1. The number of esters is 1. The molecule has 33 heavy (non-hydrogen) atoms. The summed E-state index contributed by atoms with van der Waals surface area (Å²) < 4.78 is 32.7. The lowest BCUT2D eigenvalue weighted by Crippen LogP contribution is -2.44. The molecule has 3 rings (SSSR count). The molecule has 1 aliphatic carbocycles. The Kier molecular flexibility index (Phi) is 8.06. The second kappa shape index (κ2) is 10.6. The van der Waals surface area contributed by atoms with Gasteiger partial charge in [0.2, 0.25) is 10.0 Å². The monoisotopic (exact) mass is 481 g/mol. The second-order valence-corrected chi connectivity index (χ2v) is 10.7. The van der Waals surface area contributed by atoms with E-state index >= 15 is 0 Å². The highest BCUT2D eigenvalue weighted by molar-refractivity contribution is 7.89. The topological polar surface area (TPSA) is 136 Å². The van der Waals surface area contributed by atoms with Crippen LogP contribution >= 0.6 is 0 Å². The van der Waals surface area contributed by atoms with Gasteiger partial charge in [-0.05, 0) is 45.1 Å². The van der Waals surface area contributed by atoms with Crippen molar-refractivity contribution < 1.29 is 27.7 Å². The van der Waals surface area contributed by atoms with Gasteiger partial charge in [-0.1, -0.05) is 25.3 Å². The van der Waals surface area contributed by atoms with Crippen molar-refractivity contribution in [3.63, 3.8) is 0 Å². The van der Waals surface area contributed by atoms with E-state index in [-0.39, 0.29) is 48.5 Å². The summed E-state index contributed by atoms with van der Waals surface area (Å²) in [7, 11) is -3.94. The molecule has 0 spiro atoms. The van der Waals surface area contributed by atoms with Crippen molar-refractivity contribution in [1.82, 2.24) is 9.62 Å². The van der Waals surface area contributed by atoms with E-state index in [1.165, 1.54) is 22.9 Å². The zero-order valence-electron chi connectivity index (χ0n) is 19.0. The minimum atomic E-state index is -3.94. The third-order valence-electron chi connectivity index (χ3n) is 6.40. The number of piperidine rings is 1. The van der Waals surface area contributed by atoms with Crippen LogP contribution in [0.4, 0.5) is 5.69 Å². The first-order valence-electron chi connectivity index (χ1n) is 11.4. The fourth-order valence-electron chi connectivity index (χ4n) is 4.34. The molecule has 1 atom stereocenters. The lowest BCUT2D eigenvalue weighted by Gasteiger charge is -2.31. The molecule has 182 valence electrons. The zero-order chi connectivity index (χ0) is 24.2. The number of aryl methyl sites for hydroxylation is 1. The van der Waals surface area contributed by atoms with Crippen LogP contribution in [-0.2, 0) is 24.3 Å². The summed E-state index contributed by atoms with van der Waals surface area (Å²) >= 11 is 0. The molecule has 0 unspecified atom stereocenters. The number of benzene rings is 1. The molecule has 1 aliphatic heterocycles. The predicted molar refractivity (Wildman–Crippen MR) is 120 cm³/mol. The van der Waals surface area contributed by atoms with Crippen molar-refractivity contribution in [2.75, 3.05) is 13.1 Å². The quantitative estimate of drug-likeness (QED) is 0.359. The van der Waals surface area contributed by atoms with Crippen molar-refractivity contribution in [2.24, 2.45) is 5.92 Å². The van der Waals surface area contributed by atoms with Crippen LogP contribution in [0.3, 0.4) is 0 Å². The molecule has 0 radical (unpaired) electrons. The molecule has 1 aromatic carbocycles. The highest BCUT2D eigenvalue weighted by atomic mass is 32.2. The van der Waals surface area contributed by atoms with E-state index in [4.69, 9.17) is 4.74 Å². The third-order valence-corrected chi connectivity index (χ3v) is 8.44. The highest BCUT2D eigenvalue weighted by Crippen LogP contribution is 2.29. The summed E-state index contributed by atoms with van der Waals surface area (Å²) in [4.78, 5) is 35.2. The standard InChI is InChI=1S/C22H31N3O7S/c1-15-8-9-19(25(28)29)14-20(15)33(30,31)24-12-10-17(11-13-24)22(27)32-16(2)21(26)23-18-6-4-3-5-7-18/h8-9,14,16-18H,3-7,10-13H2,1-2H3,(H,23,26)/t16-/m1/s1. The van der Waals surface area contributed by atoms with E-state index in [0.717, 1.165) is 31.7 Å². The van der Waals surface area contributed by atoms with Crippen LogP contribution < -0.4 is 5.32 Å². The normalized spacial score (nSPS) is 19.6. The minimum Gasteiger partial charge on any atom is -0.452 e. The van der Waals surface area contributed by atoms with E-state index in [9.17, 15) is 28.1 Å². The average molecular weight is 482 g/mol. The van der Waals surface area contributed by atoms with Crippen LogP contribution in [0.1, 0.15) is 57.4 Å². The van der Waals surface area contributed by atoms with Crippen molar-refractivity contribution in [1.29, 1.82) is 0 Å². The van der Waals surface area contributed by atoms with Crippen molar-refractivity contribution in [3.8, 4) is 0 Å². The maximum Gasteiger partial charge on any atom is 0.309 e. The molecule has 1 N–H and O–H groups in total. The number of rotatable bonds is 7. The minimum absolute atomic E-state index is 0.0902. The Morgan fingerprint density at radius 1 is 1.15 bits per heavy atom. The Balaban J connectivity index is 1.55. The SMILES string of the molecule is Cc1ccc([N+](=O)[O-])cc1S(=O)(=O)N1CCC(C(=O)O[C@H](C)C(=O)NC2CCCCC2)CC1. The number of non-ortho nitro benzene ring substituents is 1. The number of carbonyl (C=O) groups is 2. The van der Waals surface area contributed by atoms with Crippen molar-refractivity contribution in [3.05, 3.63) is 33.9 Å². The Hall–Kier alpha value is -2.53. The number of amides is 1. The average Bonchev–Trinajstić information content (AvgIpc) is 2.79. The molecule has 0 aromatic heterocycles. The van der Waals surface area contributed by atoms with Gasteiger partial charge in [0.1, 0.15) is 0 Å². The summed E-state index contributed by atoms with van der Waals surface area (Å²) in [6.45, 7) is 3.31. The van der Waals surface area contributed by atoms with E-state index in [2.05, 4.69) is 5.32 Å². The van der Waals surface area contributed by atoms with Gasteiger partial charge in [-0.15, -0.1) is 0 Å². The molecule has 1 heterocycles. The van der Waals surface area contributed by atoms with Gasteiger partial charge in [-0.3, -0.25) is 19.7 Å². The first-order chi connectivity index (χ1) is 15.6. The molecule has 1 aromatic rings. The molecule has 1 saturated heterocycles. The number of nitrogens with one attached hydrogen (secondary N) is 1. The fourth-order valence-corrected chi connectivity index (χ4v) is 6.05. The fraction of sp³-hybridized carbons (Fsp3) is 0.636. The molecule has 10 nitrogen and oxygen atoms in total. The molecule has 1 amide bonds. The number of hydrogen-bond donors (Lipinski definition) is 1. The maximum atomic E-state index is 13.0. The number of nitro groups is 1. The van der Waals surface area contributed by atoms with Gasteiger partial charge >= 0.3 is 5.97 Å². The lowest BCUT2D eigenvalue weighted by atomic mass is 9.95. The van der Waals surface area contributed by atoms with Crippen LogP contribution in [0, 0.1) is 23.0 Å². The Morgan fingerprint density at radius 2 is 1.79 bits per heavy atom.